The Labute approximate surface area is 170 Å². The van der Waals surface area contributed by atoms with E-state index >= 15 is 0 Å². The summed E-state index contributed by atoms with van der Waals surface area (Å²) in [6.45, 7) is 14.9. The second kappa shape index (κ2) is 8.99. The minimum absolute atomic E-state index is 0.100. The van der Waals surface area contributed by atoms with E-state index in [2.05, 4.69) is 18.6 Å². The van der Waals surface area contributed by atoms with Crippen molar-refractivity contribution in [2.75, 3.05) is 11.3 Å². The van der Waals surface area contributed by atoms with Gasteiger partial charge in [0.05, 0.1) is 11.5 Å². The molecular formula is C23H33NO3S. The molecule has 0 aromatic heterocycles. The molecule has 154 valence electrons. The van der Waals surface area contributed by atoms with Gasteiger partial charge in [0, 0.05) is 5.69 Å². The van der Waals surface area contributed by atoms with Crippen LogP contribution >= 0.6 is 0 Å². The number of rotatable bonds is 8. The lowest BCUT2D eigenvalue weighted by molar-refractivity contribution is 0.340. The summed E-state index contributed by atoms with van der Waals surface area (Å²) in [5.74, 6) is 1.26. The molecule has 2 rings (SSSR count). The van der Waals surface area contributed by atoms with Crippen molar-refractivity contribution in [3.05, 3.63) is 53.1 Å². The molecule has 5 heteroatoms. The minimum Gasteiger partial charge on any atom is -0.494 e. The highest BCUT2D eigenvalue weighted by Crippen LogP contribution is 2.36. The maximum absolute atomic E-state index is 13.4. The van der Waals surface area contributed by atoms with Crippen LogP contribution in [0.15, 0.2) is 41.3 Å². The molecule has 0 aliphatic rings. The molecule has 0 fully saturated rings. The van der Waals surface area contributed by atoms with Crippen molar-refractivity contribution >= 4 is 15.7 Å². The molecule has 2 aromatic carbocycles. The van der Waals surface area contributed by atoms with Gasteiger partial charge in [-0.05, 0) is 65.6 Å². The van der Waals surface area contributed by atoms with Crippen LogP contribution in [-0.4, -0.2) is 15.0 Å². The maximum atomic E-state index is 13.4. The van der Waals surface area contributed by atoms with Crippen LogP contribution in [0.25, 0.3) is 0 Å². The van der Waals surface area contributed by atoms with Gasteiger partial charge in [-0.1, -0.05) is 53.7 Å². The molecule has 0 unspecified atom stereocenters. The third-order valence-corrected chi connectivity index (χ3v) is 6.28. The Morgan fingerprint density at radius 2 is 1.36 bits per heavy atom. The fourth-order valence-corrected chi connectivity index (χ4v) is 4.95. The Bertz CT molecular complexity index is 869. The third kappa shape index (κ3) is 5.07. The topological polar surface area (TPSA) is 55.4 Å². The molecule has 0 aliphatic heterocycles. The molecule has 0 aliphatic carbocycles. The molecule has 4 nitrogen and oxygen atoms in total. The molecule has 0 atom stereocenters. The van der Waals surface area contributed by atoms with E-state index in [0.29, 0.717) is 23.1 Å². The molecule has 0 amide bonds. The lowest BCUT2D eigenvalue weighted by atomic mass is 9.89. The van der Waals surface area contributed by atoms with Gasteiger partial charge in [0.15, 0.2) is 0 Å². The number of sulfonamides is 1. The van der Waals surface area contributed by atoms with Gasteiger partial charge in [-0.2, -0.15) is 0 Å². The monoisotopic (exact) mass is 403 g/mol. The van der Waals surface area contributed by atoms with E-state index in [0.717, 1.165) is 16.9 Å². The number of ether oxygens (including phenoxy) is 1. The average Bonchev–Trinajstić information content (AvgIpc) is 2.62. The van der Waals surface area contributed by atoms with Crippen LogP contribution < -0.4 is 9.46 Å². The van der Waals surface area contributed by atoms with E-state index < -0.39 is 10.0 Å². The summed E-state index contributed by atoms with van der Waals surface area (Å²) < 4.78 is 35.0. The first-order valence-electron chi connectivity index (χ1n) is 10.00. The largest absolute Gasteiger partial charge is 0.494 e. The molecule has 28 heavy (non-hydrogen) atoms. The third-order valence-electron chi connectivity index (χ3n) is 4.77. The molecular weight excluding hydrogens is 370 g/mol. The fraction of sp³-hybridized carbons (Fsp3) is 0.478. The highest BCUT2D eigenvalue weighted by Gasteiger charge is 2.27. The molecule has 0 bridgehead atoms. The Hall–Kier alpha value is -2.01. The quantitative estimate of drug-likeness (QED) is 0.566. The Balaban J connectivity index is 2.56. The molecule has 0 saturated heterocycles. The van der Waals surface area contributed by atoms with Gasteiger partial charge in [0.1, 0.15) is 5.75 Å². The smallest absolute Gasteiger partial charge is 0.262 e. The number of hydrogen-bond donors (Lipinski definition) is 1. The summed E-state index contributed by atoms with van der Waals surface area (Å²) in [6.07, 6.45) is 0. The Kier molecular flexibility index (Phi) is 7.16. The summed E-state index contributed by atoms with van der Waals surface area (Å²) in [6, 6.07) is 11.1. The summed E-state index contributed by atoms with van der Waals surface area (Å²) in [7, 11) is -3.72. The zero-order valence-electron chi connectivity index (χ0n) is 18.0. The van der Waals surface area contributed by atoms with Gasteiger partial charge in [-0.15, -0.1) is 0 Å². The normalized spacial score (nSPS) is 12.1. The van der Waals surface area contributed by atoms with Crippen molar-refractivity contribution in [1.29, 1.82) is 0 Å². The van der Waals surface area contributed by atoms with Crippen molar-refractivity contribution < 1.29 is 13.2 Å². The van der Waals surface area contributed by atoms with Gasteiger partial charge in [-0.3, -0.25) is 4.72 Å². The lowest BCUT2D eigenvalue weighted by Gasteiger charge is -2.23. The maximum Gasteiger partial charge on any atom is 0.262 e. The second-order valence-corrected chi connectivity index (χ2v) is 9.67. The van der Waals surface area contributed by atoms with Crippen LogP contribution in [0.3, 0.4) is 0 Å². The first kappa shape index (κ1) is 22.3. The second-order valence-electron chi connectivity index (χ2n) is 8.06. The number of nitrogens with one attached hydrogen (secondary N) is 1. The first-order valence-corrected chi connectivity index (χ1v) is 11.5. The number of benzene rings is 2. The van der Waals surface area contributed by atoms with Crippen molar-refractivity contribution in [1.82, 2.24) is 0 Å². The molecule has 0 heterocycles. The van der Waals surface area contributed by atoms with E-state index in [4.69, 9.17) is 4.74 Å². The van der Waals surface area contributed by atoms with E-state index in [1.165, 1.54) is 5.56 Å². The predicted molar refractivity (Wildman–Crippen MR) is 117 cm³/mol. The van der Waals surface area contributed by atoms with Gasteiger partial charge in [0.25, 0.3) is 10.0 Å². The van der Waals surface area contributed by atoms with Crippen LogP contribution in [0.2, 0.25) is 0 Å². The summed E-state index contributed by atoms with van der Waals surface area (Å²) in [5, 5.41) is 0. The van der Waals surface area contributed by atoms with E-state index in [1.807, 2.05) is 46.8 Å². The van der Waals surface area contributed by atoms with E-state index in [9.17, 15) is 8.42 Å². The van der Waals surface area contributed by atoms with Crippen molar-refractivity contribution in [2.24, 2.45) is 0 Å². The zero-order valence-corrected chi connectivity index (χ0v) is 18.9. The fourth-order valence-electron chi connectivity index (χ4n) is 3.19. The predicted octanol–water partition coefficient (Wildman–Crippen LogP) is 6.26. The van der Waals surface area contributed by atoms with Crippen molar-refractivity contribution in [2.45, 2.75) is 71.1 Å². The number of hydrogen-bond acceptors (Lipinski definition) is 3. The van der Waals surface area contributed by atoms with Gasteiger partial charge in [-0.25, -0.2) is 8.42 Å². The van der Waals surface area contributed by atoms with Gasteiger partial charge in [0.2, 0.25) is 0 Å². The summed E-state index contributed by atoms with van der Waals surface area (Å²) in [4.78, 5) is 0.413. The van der Waals surface area contributed by atoms with Gasteiger partial charge < -0.3 is 4.74 Å². The van der Waals surface area contributed by atoms with E-state index in [1.54, 1.807) is 24.3 Å². The molecule has 1 N–H and O–H groups in total. The molecule has 2 aromatic rings. The first-order chi connectivity index (χ1) is 13.1. The average molecular weight is 404 g/mol. The van der Waals surface area contributed by atoms with Gasteiger partial charge >= 0.3 is 0 Å². The highest BCUT2D eigenvalue weighted by atomic mass is 32.2. The Morgan fingerprint density at radius 1 is 0.857 bits per heavy atom. The molecule has 0 saturated carbocycles. The van der Waals surface area contributed by atoms with Crippen molar-refractivity contribution in [3.8, 4) is 5.75 Å². The van der Waals surface area contributed by atoms with Crippen LogP contribution in [0, 0.1) is 0 Å². The minimum atomic E-state index is -3.72. The SMILES string of the molecule is CCOc1ccc(NS(=O)(=O)c2c(C(C)C)cc(C(C)C)cc2C(C)C)cc1. The van der Waals surface area contributed by atoms with E-state index in [-0.39, 0.29) is 11.8 Å². The van der Waals surface area contributed by atoms with Crippen LogP contribution in [-0.2, 0) is 10.0 Å². The Morgan fingerprint density at radius 3 is 1.75 bits per heavy atom. The molecule has 0 radical (unpaired) electrons. The number of anilines is 1. The summed E-state index contributed by atoms with van der Waals surface area (Å²) in [5.41, 5.74) is 3.44. The standard InChI is InChI=1S/C23H33NO3S/c1-8-27-20-11-9-19(10-12-20)24-28(25,26)23-21(16(4)5)13-18(15(2)3)14-22(23)17(6)7/h9-17,24H,8H2,1-7H3. The van der Waals surface area contributed by atoms with Crippen LogP contribution in [0.1, 0.15) is 82.9 Å². The zero-order chi connectivity index (χ0) is 21.1. The van der Waals surface area contributed by atoms with Crippen molar-refractivity contribution in [3.63, 3.8) is 0 Å². The molecule has 0 spiro atoms. The van der Waals surface area contributed by atoms with Crippen LogP contribution in [0.4, 0.5) is 5.69 Å². The van der Waals surface area contributed by atoms with Crippen LogP contribution in [0.5, 0.6) is 5.75 Å². The lowest BCUT2D eigenvalue weighted by Crippen LogP contribution is -2.19. The highest BCUT2D eigenvalue weighted by molar-refractivity contribution is 7.92. The summed E-state index contributed by atoms with van der Waals surface area (Å²) >= 11 is 0.